The van der Waals surface area contributed by atoms with Crippen LogP contribution in [-0.2, 0) is 14.3 Å². The number of carboxylic acid groups (broad SMARTS) is 1. The Bertz CT molecular complexity index is 1050. The molecular formula is C38H56O4. The van der Waals surface area contributed by atoms with E-state index in [0.717, 1.165) is 49.1 Å². The first kappa shape index (κ1) is 36.9. The molecule has 232 valence electrons. The van der Waals surface area contributed by atoms with Gasteiger partial charge in [-0.05, 0) is 53.4 Å². The van der Waals surface area contributed by atoms with Gasteiger partial charge in [-0.15, -0.1) is 0 Å². The lowest BCUT2D eigenvalue weighted by atomic mass is 9.78. The van der Waals surface area contributed by atoms with Crippen LogP contribution >= 0.6 is 0 Å². The molecule has 0 saturated carbocycles. The van der Waals surface area contributed by atoms with Crippen molar-refractivity contribution < 1.29 is 19.4 Å². The first-order valence-corrected chi connectivity index (χ1v) is 16.0. The Balaban J connectivity index is 0.000000420. The molecule has 2 aromatic rings. The topological polar surface area (TPSA) is 63.6 Å². The highest BCUT2D eigenvalue weighted by molar-refractivity contribution is 5.93. The number of carbonyl (C=O) groups is 2. The number of carbonyl (C=O) groups excluding carboxylic acids is 1. The summed E-state index contributed by atoms with van der Waals surface area (Å²) in [5, 5.41) is 9.56. The van der Waals surface area contributed by atoms with Gasteiger partial charge in [0.05, 0.1) is 6.61 Å². The van der Waals surface area contributed by atoms with Crippen molar-refractivity contribution in [2.45, 2.75) is 106 Å². The number of hydrogen-bond donors (Lipinski definition) is 1. The van der Waals surface area contributed by atoms with Crippen LogP contribution in [0.25, 0.3) is 12.2 Å². The summed E-state index contributed by atoms with van der Waals surface area (Å²) < 4.78 is 5.18. The number of esters is 1. The molecule has 0 fully saturated rings. The minimum Gasteiger partial charge on any atom is -0.478 e. The van der Waals surface area contributed by atoms with E-state index in [1.165, 1.54) is 38.2 Å². The van der Waals surface area contributed by atoms with E-state index in [1.54, 1.807) is 6.08 Å². The third kappa shape index (κ3) is 17.6. The van der Waals surface area contributed by atoms with Crippen LogP contribution in [-0.4, -0.2) is 23.7 Å². The van der Waals surface area contributed by atoms with Crippen LogP contribution in [0.2, 0.25) is 0 Å². The summed E-state index contributed by atoms with van der Waals surface area (Å²) in [6.45, 7) is 13.6. The van der Waals surface area contributed by atoms with Gasteiger partial charge >= 0.3 is 11.9 Å². The van der Waals surface area contributed by atoms with Crippen LogP contribution in [0, 0.1) is 17.3 Å². The second-order valence-corrected chi connectivity index (χ2v) is 12.4. The van der Waals surface area contributed by atoms with Crippen molar-refractivity contribution in [3.8, 4) is 0 Å². The van der Waals surface area contributed by atoms with Crippen LogP contribution in [0.15, 0.2) is 72.3 Å². The lowest BCUT2D eigenvalue weighted by Gasteiger charge is -2.26. The molecule has 0 amide bonds. The van der Waals surface area contributed by atoms with Crippen LogP contribution in [0.5, 0.6) is 0 Å². The molecule has 1 N–H and O–H groups in total. The van der Waals surface area contributed by atoms with Crippen molar-refractivity contribution in [2.75, 3.05) is 6.61 Å². The summed E-state index contributed by atoms with van der Waals surface area (Å²) in [6, 6.07) is 19.5. The maximum atomic E-state index is 11.6. The predicted molar refractivity (Wildman–Crippen MR) is 178 cm³/mol. The second kappa shape index (κ2) is 21.5. The van der Waals surface area contributed by atoms with Crippen molar-refractivity contribution in [3.63, 3.8) is 0 Å². The van der Waals surface area contributed by atoms with E-state index in [0.29, 0.717) is 18.1 Å². The van der Waals surface area contributed by atoms with E-state index < -0.39 is 5.97 Å². The largest absolute Gasteiger partial charge is 0.478 e. The zero-order valence-electron chi connectivity index (χ0n) is 27.1. The lowest BCUT2D eigenvalue weighted by Crippen LogP contribution is -2.21. The Morgan fingerprint density at radius 3 is 1.95 bits per heavy atom. The van der Waals surface area contributed by atoms with E-state index in [9.17, 15) is 14.7 Å². The molecular weight excluding hydrogens is 520 g/mol. The standard InChI is InChI=1S/2C19H28O2/c1-5-15(2)10-9-13-19(3,4)17(18(20)21)14-16-11-7-6-8-12-16;1-17(2)11-7-4-3-5-10-16-21-19(20)15-14-18-12-8-6-9-13-18/h6-8,11-12,14-15H,5,9-10,13H2,1-4H3,(H,20,21);6,8-9,12-15,17H,3-5,7,10-11,16H2,1-2H3. The Hall–Kier alpha value is -3.14. The molecule has 0 bridgehead atoms. The molecule has 1 atom stereocenters. The zero-order chi connectivity index (χ0) is 31.2. The monoisotopic (exact) mass is 576 g/mol. The lowest BCUT2D eigenvalue weighted by molar-refractivity contribution is -0.138. The quantitative estimate of drug-likeness (QED) is 0.109. The van der Waals surface area contributed by atoms with E-state index in [-0.39, 0.29) is 11.4 Å². The van der Waals surface area contributed by atoms with Gasteiger partial charge in [0.15, 0.2) is 0 Å². The summed E-state index contributed by atoms with van der Waals surface area (Å²) in [7, 11) is 0. The fraction of sp³-hybridized carbons (Fsp3) is 0.526. The molecule has 0 aromatic heterocycles. The number of ether oxygens (including phenoxy) is 1. The number of benzene rings is 2. The van der Waals surface area contributed by atoms with Crippen molar-refractivity contribution in [3.05, 3.63) is 83.4 Å². The Labute approximate surface area is 256 Å². The van der Waals surface area contributed by atoms with Crippen molar-refractivity contribution in [2.24, 2.45) is 17.3 Å². The first-order valence-electron chi connectivity index (χ1n) is 16.0. The maximum Gasteiger partial charge on any atom is 0.332 e. The molecule has 4 nitrogen and oxygen atoms in total. The average Bonchev–Trinajstić information content (AvgIpc) is 2.97. The maximum absolute atomic E-state index is 11.6. The van der Waals surface area contributed by atoms with Gasteiger partial charge in [-0.25, -0.2) is 9.59 Å². The van der Waals surface area contributed by atoms with E-state index in [1.807, 2.05) is 80.6 Å². The average molecular weight is 577 g/mol. The fourth-order valence-corrected chi connectivity index (χ4v) is 4.63. The van der Waals surface area contributed by atoms with Crippen molar-refractivity contribution >= 4 is 24.1 Å². The Morgan fingerprint density at radius 1 is 0.810 bits per heavy atom. The molecule has 42 heavy (non-hydrogen) atoms. The van der Waals surface area contributed by atoms with Gasteiger partial charge in [-0.3, -0.25) is 0 Å². The number of carboxylic acids is 1. The van der Waals surface area contributed by atoms with Gasteiger partial charge in [0.2, 0.25) is 0 Å². The molecule has 0 aliphatic heterocycles. The Morgan fingerprint density at radius 2 is 1.38 bits per heavy atom. The second-order valence-electron chi connectivity index (χ2n) is 12.4. The fourth-order valence-electron chi connectivity index (χ4n) is 4.63. The minimum atomic E-state index is -0.813. The first-order chi connectivity index (χ1) is 20.0. The van der Waals surface area contributed by atoms with Gasteiger partial charge in [-0.1, -0.05) is 154 Å². The zero-order valence-corrected chi connectivity index (χ0v) is 27.1. The molecule has 2 aromatic carbocycles. The predicted octanol–water partition coefficient (Wildman–Crippen LogP) is 10.6. The molecule has 0 aliphatic rings. The van der Waals surface area contributed by atoms with Gasteiger partial charge in [-0.2, -0.15) is 0 Å². The number of unbranched alkanes of at least 4 members (excludes halogenated alkanes) is 4. The highest BCUT2D eigenvalue weighted by Gasteiger charge is 2.28. The van der Waals surface area contributed by atoms with Crippen LogP contribution < -0.4 is 0 Å². The van der Waals surface area contributed by atoms with Gasteiger partial charge in [0, 0.05) is 11.6 Å². The van der Waals surface area contributed by atoms with E-state index in [4.69, 9.17) is 4.74 Å². The molecule has 2 rings (SSSR count). The number of rotatable bonds is 18. The van der Waals surface area contributed by atoms with Crippen LogP contribution in [0.3, 0.4) is 0 Å². The SMILES string of the molecule is CC(C)CCCCCCCOC(=O)C=Cc1ccccc1.CCC(C)CCCC(C)(C)C(=Cc1ccccc1)C(=O)O. The molecule has 0 saturated heterocycles. The molecule has 4 heteroatoms. The summed E-state index contributed by atoms with van der Waals surface area (Å²) in [5.41, 5.74) is 2.15. The number of aliphatic carboxylic acids is 1. The smallest absolute Gasteiger partial charge is 0.332 e. The highest BCUT2D eigenvalue weighted by Crippen LogP contribution is 2.34. The Kier molecular flexibility index (Phi) is 18.9. The normalized spacial score (nSPS) is 12.6. The van der Waals surface area contributed by atoms with E-state index in [2.05, 4.69) is 27.7 Å². The molecule has 1 unspecified atom stereocenters. The molecule has 0 heterocycles. The van der Waals surface area contributed by atoms with Gasteiger partial charge in [0.1, 0.15) is 0 Å². The van der Waals surface area contributed by atoms with Crippen LogP contribution in [0.4, 0.5) is 0 Å². The molecule has 0 radical (unpaired) electrons. The number of hydrogen-bond acceptors (Lipinski definition) is 3. The third-order valence-corrected chi connectivity index (χ3v) is 7.65. The van der Waals surface area contributed by atoms with Crippen molar-refractivity contribution in [1.29, 1.82) is 0 Å². The summed E-state index contributed by atoms with van der Waals surface area (Å²) in [5.74, 6) is 0.459. The van der Waals surface area contributed by atoms with E-state index >= 15 is 0 Å². The molecule has 0 aliphatic carbocycles. The summed E-state index contributed by atoms with van der Waals surface area (Å²) >= 11 is 0. The minimum absolute atomic E-state index is 0.251. The van der Waals surface area contributed by atoms with Gasteiger partial charge in [0.25, 0.3) is 0 Å². The van der Waals surface area contributed by atoms with Crippen molar-refractivity contribution in [1.82, 2.24) is 0 Å². The third-order valence-electron chi connectivity index (χ3n) is 7.65. The van der Waals surface area contributed by atoms with Crippen LogP contribution in [0.1, 0.15) is 117 Å². The van der Waals surface area contributed by atoms with Gasteiger partial charge < -0.3 is 9.84 Å². The summed E-state index contributed by atoms with van der Waals surface area (Å²) in [4.78, 5) is 23.2. The summed E-state index contributed by atoms with van der Waals surface area (Å²) in [6.07, 6.45) is 16.7. The highest BCUT2D eigenvalue weighted by atomic mass is 16.5. The molecule has 0 spiro atoms.